The number of amides is 2. The smallest absolute Gasteiger partial charge is 0.257 e. The SMILES string of the molecule is CC(C)C(O)CNC(=O)C(NC(=O)c1c(F)cccc1F)C(C)C. The van der Waals surface area contributed by atoms with E-state index in [-0.39, 0.29) is 18.4 Å². The van der Waals surface area contributed by atoms with E-state index in [0.29, 0.717) is 0 Å². The van der Waals surface area contributed by atoms with E-state index in [1.54, 1.807) is 27.7 Å². The summed E-state index contributed by atoms with van der Waals surface area (Å²) in [4.78, 5) is 24.4. The molecule has 1 aromatic rings. The summed E-state index contributed by atoms with van der Waals surface area (Å²) in [7, 11) is 0. The Morgan fingerprint density at radius 1 is 1.08 bits per heavy atom. The Kier molecular flexibility index (Phi) is 7.28. The second-order valence-electron chi connectivity index (χ2n) is 6.35. The van der Waals surface area contributed by atoms with Crippen LogP contribution in [0.4, 0.5) is 8.78 Å². The summed E-state index contributed by atoms with van der Waals surface area (Å²) in [5, 5.41) is 14.6. The van der Waals surface area contributed by atoms with Crippen molar-refractivity contribution in [3.63, 3.8) is 0 Å². The molecule has 24 heavy (non-hydrogen) atoms. The number of aliphatic hydroxyl groups is 1. The summed E-state index contributed by atoms with van der Waals surface area (Å²) < 4.78 is 27.3. The fourth-order valence-corrected chi connectivity index (χ4v) is 2.01. The molecule has 1 rings (SSSR count). The Morgan fingerprint density at radius 2 is 1.62 bits per heavy atom. The topological polar surface area (TPSA) is 78.4 Å². The minimum atomic E-state index is -0.996. The minimum Gasteiger partial charge on any atom is -0.391 e. The molecule has 0 heterocycles. The largest absolute Gasteiger partial charge is 0.391 e. The Balaban J connectivity index is 2.82. The number of rotatable bonds is 7. The Labute approximate surface area is 140 Å². The van der Waals surface area contributed by atoms with E-state index in [1.165, 1.54) is 0 Å². The van der Waals surface area contributed by atoms with Gasteiger partial charge in [0, 0.05) is 6.54 Å². The Morgan fingerprint density at radius 3 is 2.08 bits per heavy atom. The molecule has 0 aliphatic carbocycles. The van der Waals surface area contributed by atoms with Gasteiger partial charge in [0.05, 0.1) is 6.10 Å². The van der Waals surface area contributed by atoms with Crippen molar-refractivity contribution in [1.82, 2.24) is 10.6 Å². The Bertz CT molecular complexity index is 571. The molecule has 0 saturated heterocycles. The van der Waals surface area contributed by atoms with Gasteiger partial charge in [0.25, 0.3) is 5.91 Å². The second kappa shape index (κ2) is 8.73. The normalized spacial score (nSPS) is 13.7. The lowest BCUT2D eigenvalue weighted by Gasteiger charge is -2.23. The van der Waals surface area contributed by atoms with Gasteiger partial charge in [0.1, 0.15) is 23.2 Å². The maximum absolute atomic E-state index is 13.7. The molecule has 3 N–H and O–H groups in total. The van der Waals surface area contributed by atoms with Crippen LogP contribution in [0.5, 0.6) is 0 Å². The van der Waals surface area contributed by atoms with Gasteiger partial charge in [-0.1, -0.05) is 33.8 Å². The number of hydrogen-bond donors (Lipinski definition) is 3. The number of carbonyl (C=O) groups excluding carboxylic acids is 2. The van der Waals surface area contributed by atoms with Crippen LogP contribution in [0.1, 0.15) is 38.1 Å². The van der Waals surface area contributed by atoms with Crippen LogP contribution < -0.4 is 10.6 Å². The first kappa shape index (κ1) is 20.0. The third kappa shape index (κ3) is 5.26. The monoisotopic (exact) mass is 342 g/mol. The predicted molar refractivity (Wildman–Crippen MR) is 86.3 cm³/mol. The highest BCUT2D eigenvalue weighted by molar-refractivity contribution is 5.98. The van der Waals surface area contributed by atoms with Crippen molar-refractivity contribution < 1.29 is 23.5 Å². The lowest BCUT2D eigenvalue weighted by molar-refractivity contribution is -0.124. The van der Waals surface area contributed by atoms with E-state index in [4.69, 9.17) is 0 Å². The fraction of sp³-hybridized carbons (Fsp3) is 0.529. The third-order valence-electron chi connectivity index (χ3n) is 3.68. The maximum Gasteiger partial charge on any atom is 0.257 e. The summed E-state index contributed by atoms with van der Waals surface area (Å²) in [6.07, 6.45) is -0.721. The minimum absolute atomic E-state index is 0.0314. The van der Waals surface area contributed by atoms with Crippen molar-refractivity contribution in [1.29, 1.82) is 0 Å². The van der Waals surface area contributed by atoms with Crippen molar-refractivity contribution in [2.24, 2.45) is 11.8 Å². The van der Waals surface area contributed by atoms with E-state index in [1.807, 2.05) is 0 Å². The molecule has 2 amide bonds. The molecular formula is C17H24F2N2O3. The summed E-state index contributed by atoms with van der Waals surface area (Å²) in [5.74, 6) is -3.85. The van der Waals surface area contributed by atoms with E-state index in [2.05, 4.69) is 10.6 Å². The molecule has 134 valence electrons. The average molecular weight is 342 g/mol. The highest BCUT2D eigenvalue weighted by Crippen LogP contribution is 2.13. The van der Waals surface area contributed by atoms with Crippen LogP contribution in [0.15, 0.2) is 18.2 Å². The van der Waals surface area contributed by atoms with Gasteiger partial charge in [0.15, 0.2) is 0 Å². The van der Waals surface area contributed by atoms with Gasteiger partial charge in [-0.05, 0) is 24.0 Å². The van der Waals surface area contributed by atoms with Gasteiger partial charge in [-0.3, -0.25) is 9.59 Å². The summed E-state index contributed by atoms with van der Waals surface area (Å²) in [6, 6.07) is 2.13. The lowest BCUT2D eigenvalue weighted by Crippen LogP contribution is -2.51. The molecule has 0 aromatic heterocycles. The van der Waals surface area contributed by atoms with Crippen LogP contribution in [0.2, 0.25) is 0 Å². The summed E-state index contributed by atoms with van der Waals surface area (Å²) >= 11 is 0. The molecule has 2 atom stereocenters. The third-order valence-corrected chi connectivity index (χ3v) is 3.68. The molecule has 7 heteroatoms. The molecule has 0 radical (unpaired) electrons. The number of halogens is 2. The fourth-order valence-electron chi connectivity index (χ4n) is 2.01. The summed E-state index contributed by atoms with van der Waals surface area (Å²) in [5.41, 5.74) is -0.724. The van der Waals surface area contributed by atoms with Crippen molar-refractivity contribution in [2.45, 2.75) is 39.8 Å². The van der Waals surface area contributed by atoms with Gasteiger partial charge < -0.3 is 15.7 Å². The Hall–Kier alpha value is -2.02. The molecule has 2 unspecified atom stereocenters. The number of carbonyl (C=O) groups is 2. The highest BCUT2D eigenvalue weighted by Gasteiger charge is 2.27. The molecule has 1 aromatic carbocycles. The molecular weight excluding hydrogens is 318 g/mol. The number of hydrogen-bond acceptors (Lipinski definition) is 3. The highest BCUT2D eigenvalue weighted by atomic mass is 19.1. The van der Waals surface area contributed by atoms with Crippen LogP contribution >= 0.6 is 0 Å². The molecule has 0 saturated carbocycles. The molecule has 0 spiro atoms. The van der Waals surface area contributed by atoms with Crippen molar-refractivity contribution in [3.8, 4) is 0 Å². The van der Waals surface area contributed by atoms with Gasteiger partial charge in [-0.25, -0.2) is 8.78 Å². The molecule has 0 bridgehead atoms. The quantitative estimate of drug-likeness (QED) is 0.708. The zero-order valence-electron chi connectivity index (χ0n) is 14.3. The van der Waals surface area contributed by atoms with E-state index < -0.39 is 41.2 Å². The van der Waals surface area contributed by atoms with Crippen LogP contribution in [0.3, 0.4) is 0 Å². The maximum atomic E-state index is 13.7. The zero-order chi connectivity index (χ0) is 18.4. The number of nitrogens with one attached hydrogen (secondary N) is 2. The van der Waals surface area contributed by atoms with Gasteiger partial charge in [-0.2, -0.15) is 0 Å². The van der Waals surface area contributed by atoms with Crippen molar-refractivity contribution in [3.05, 3.63) is 35.4 Å². The average Bonchev–Trinajstić information content (AvgIpc) is 2.49. The van der Waals surface area contributed by atoms with E-state index in [0.717, 1.165) is 18.2 Å². The van der Waals surface area contributed by atoms with Crippen LogP contribution in [0.25, 0.3) is 0 Å². The van der Waals surface area contributed by atoms with Crippen molar-refractivity contribution in [2.75, 3.05) is 6.54 Å². The zero-order valence-corrected chi connectivity index (χ0v) is 14.3. The van der Waals surface area contributed by atoms with Gasteiger partial charge in [0.2, 0.25) is 5.91 Å². The van der Waals surface area contributed by atoms with Gasteiger partial charge >= 0.3 is 0 Å². The molecule has 5 nitrogen and oxygen atoms in total. The molecule has 0 aliphatic rings. The second-order valence-corrected chi connectivity index (χ2v) is 6.35. The first-order chi connectivity index (χ1) is 11.1. The summed E-state index contributed by atoms with van der Waals surface area (Å²) in [6.45, 7) is 7.03. The van der Waals surface area contributed by atoms with Crippen LogP contribution in [-0.4, -0.2) is 35.6 Å². The van der Waals surface area contributed by atoms with Crippen molar-refractivity contribution >= 4 is 11.8 Å². The number of aliphatic hydroxyl groups excluding tert-OH is 1. The predicted octanol–water partition coefficient (Wildman–Crippen LogP) is 1.85. The standard InChI is InChI=1S/C17H24F2N2O3/c1-9(2)13(22)8-20-17(24)15(10(3)4)21-16(23)14-11(18)6-5-7-12(14)19/h5-7,9-10,13,15,22H,8H2,1-4H3,(H,20,24)(H,21,23). The molecule has 0 fully saturated rings. The van der Waals surface area contributed by atoms with E-state index >= 15 is 0 Å². The first-order valence-corrected chi connectivity index (χ1v) is 7.85. The first-order valence-electron chi connectivity index (χ1n) is 7.85. The van der Waals surface area contributed by atoms with Crippen LogP contribution in [0, 0.1) is 23.5 Å². The van der Waals surface area contributed by atoms with Gasteiger partial charge in [-0.15, -0.1) is 0 Å². The lowest BCUT2D eigenvalue weighted by atomic mass is 10.0. The van der Waals surface area contributed by atoms with E-state index in [9.17, 15) is 23.5 Å². The molecule has 0 aliphatic heterocycles. The number of benzene rings is 1. The van der Waals surface area contributed by atoms with Crippen LogP contribution in [-0.2, 0) is 4.79 Å².